The second kappa shape index (κ2) is 9.92. The summed E-state index contributed by atoms with van der Waals surface area (Å²) in [6, 6.07) is 6.95. The molecule has 1 aliphatic rings. The number of carboxylic acids is 1. The van der Waals surface area contributed by atoms with Crippen LogP contribution in [0.2, 0.25) is 0 Å². The van der Waals surface area contributed by atoms with Gasteiger partial charge >= 0.3 is 11.9 Å². The Labute approximate surface area is 186 Å². The minimum atomic E-state index is -1.73. The van der Waals surface area contributed by atoms with Crippen molar-refractivity contribution in [1.82, 2.24) is 0 Å². The van der Waals surface area contributed by atoms with E-state index in [1.165, 1.54) is 31.4 Å². The van der Waals surface area contributed by atoms with Gasteiger partial charge in [-0.3, -0.25) is 0 Å². The molecule has 0 radical (unpaired) electrons. The summed E-state index contributed by atoms with van der Waals surface area (Å²) in [5, 5.41) is 58.5. The molecule has 5 atom stereocenters. The van der Waals surface area contributed by atoms with Gasteiger partial charge in [-0.2, -0.15) is 0 Å². The Bertz CT molecular complexity index is 1020. The highest BCUT2D eigenvalue weighted by atomic mass is 16.7. The number of aromatic hydroxyl groups is 2. The molecule has 0 saturated carbocycles. The first-order chi connectivity index (χ1) is 15.6. The Morgan fingerprint density at radius 2 is 1.61 bits per heavy atom. The molecule has 0 amide bonds. The number of esters is 1. The third kappa shape index (κ3) is 5.26. The molecule has 0 bridgehead atoms. The molecule has 0 unspecified atom stereocenters. The molecule has 33 heavy (non-hydrogen) atoms. The average Bonchev–Trinajstić information content (AvgIpc) is 2.80. The van der Waals surface area contributed by atoms with Crippen LogP contribution in [0.4, 0.5) is 0 Å². The van der Waals surface area contributed by atoms with Crippen molar-refractivity contribution in [1.29, 1.82) is 0 Å². The predicted octanol–water partition coefficient (Wildman–Crippen LogP) is -0.152. The first kappa shape index (κ1) is 24.1. The molecule has 178 valence electrons. The van der Waals surface area contributed by atoms with Gasteiger partial charge in [0.2, 0.25) is 6.29 Å². The molecule has 12 heteroatoms. The SMILES string of the molecule is COc1cc(C(=O)O)ccc1O[C@@H]1O[C@H](COC(=O)c2ccc(O)c(O)c2)[C@@H](O)[C@H](O)[C@H]1O. The van der Waals surface area contributed by atoms with E-state index < -0.39 is 60.8 Å². The summed E-state index contributed by atoms with van der Waals surface area (Å²) < 4.78 is 21.1. The minimum Gasteiger partial charge on any atom is -0.504 e. The molecule has 1 fully saturated rings. The number of carboxylic acid groups (broad SMARTS) is 1. The van der Waals surface area contributed by atoms with E-state index in [1.54, 1.807) is 0 Å². The highest BCUT2D eigenvalue weighted by Gasteiger charge is 2.45. The zero-order chi connectivity index (χ0) is 24.3. The Balaban J connectivity index is 1.71. The number of aromatic carboxylic acids is 1. The van der Waals surface area contributed by atoms with Gasteiger partial charge in [0.05, 0.1) is 18.2 Å². The van der Waals surface area contributed by atoms with Gasteiger partial charge in [0.1, 0.15) is 31.0 Å². The summed E-state index contributed by atoms with van der Waals surface area (Å²) in [6.07, 6.45) is -7.92. The van der Waals surface area contributed by atoms with Gasteiger partial charge in [0.25, 0.3) is 0 Å². The number of methoxy groups -OCH3 is 1. The van der Waals surface area contributed by atoms with E-state index in [-0.39, 0.29) is 22.6 Å². The number of hydrogen-bond acceptors (Lipinski definition) is 11. The van der Waals surface area contributed by atoms with Crippen molar-refractivity contribution in [2.45, 2.75) is 30.7 Å². The molecule has 2 aromatic carbocycles. The first-order valence-electron chi connectivity index (χ1n) is 9.59. The lowest BCUT2D eigenvalue weighted by Crippen LogP contribution is -2.60. The zero-order valence-electron chi connectivity index (χ0n) is 17.2. The van der Waals surface area contributed by atoms with Gasteiger partial charge in [-0.05, 0) is 36.4 Å². The number of rotatable bonds is 7. The molecule has 0 aliphatic carbocycles. The third-order valence-corrected chi connectivity index (χ3v) is 4.91. The van der Waals surface area contributed by atoms with Crippen molar-refractivity contribution in [3.05, 3.63) is 47.5 Å². The van der Waals surface area contributed by atoms with Crippen molar-refractivity contribution in [2.75, 3.05) is 13.7 Å². The van der Waals surface area contributed by atoms with E-state index in [0.29, 0.717) is 0 Å². The van der Waals surface area contributed by atoms with E-state index in [0.717, 1.165) is 12.1 Å². The number of carbonyl (C=O) groups excluding carboxylic acids is 1. The van der Waals surface area contributed by atoms with E-state index in [2.05, 4.69) is 0 Å². The molecule has 1 saturated heterocycles. The summed E-state index contributed by atoms with van der Waals surface area (Å²) in [6.45, 7) is -0.555. The van der Waals surface area contributed by atoms with E-state index in [9.17, 15) is 35.1 Å². The Morgan fingerprint density at radius 3 is 2.24 bits per heavy atom. The van der Waals surface area contributed by atoms with Gasteiger partial charge in [0, 0.05) is 0 Å². The molecule has 1 heterocycles. The number of phenolic OH excluding ortho intramolecular Hbond substituents is 2. The minimum absolute atomic E-state index is 0.00884. The molecule has 0 aromatic heterocycles. The van der Waals surface area contributed by atoms with Crippen LogP contribution in [0.25, 0.3) is 0 Å². The van der Waals surface area contributed by atoms with Crippen molar-refractivity contribution in [2.24, 2.45) is 0 Å². The van der Waals surface area contributed by atoms with Gasteiger partial charge in [-0.1, -0.05) is 0 Å². The van der Waals surface area contributed by atoms with Crippen LogP contribution in [-0.4, -0.2) is 87.0 Å². The molecule has 0 spiro atoms. The lowest BCUT2D eigenvalue weighted by molar-refractivity contribution is -0.277. The van der Waals surface area contributed by atoms with Crippen LogP contribution >= 0.6 is 0 Å². The topological polar surface area (TPSA) is 192 Å². The van der Waals surface area contributed by atoms with Crippen molar-refractivity contribution < 1.29 is 59.2 Å². The monoisotopic (exact) mass is 466 g/mol. The van der Waals surface area contributed by atoms with Crippen molar-refractivity contribution in [3.63, 3.8) is 0 Å². The smallest absolute Gasteiger partial charge is 0.338 e. The van der Waals surface area contributed by atoms with Gasteiger partial charge in [-0.15, -0.1) is 0 Å². The summed E-state index contributed by atoms with van der Waals surface area (Å²) in [7, 11) is 1.27. The van der Waals surface area contributed by atoms with Gasteiger partial charge in [-0.25, -0.2) is 9.59 Å². The largest absolute Gasteiger partial charge is 0.504 e. The van der Waals surface area contributed by atoms with Crippen LogP contribution in [-0.2, 0) is 9.47 Å². The summed E-state index contributed by atoms with van der Waals surface area (Å²) in [4.78, 5) is 23.3. The maximum atomic E-state index is 12.2. The molecule has 12 nitrogen and oxygen atoms in total. The molecular formula is C21H22O12. The molecule has 3 rings (SSSR count). The van der Waals surface area contributed by atoms with Crippen LogP contribution in [0.3, 0.4) is 0 Å². The first-order valence-corrected chi connectivity index (χ1v) is 9.59. The maximum absolute atomic E-state index is 12.2. The lowest BCUT2D eigenvalue weighted by atomic mass is 9.99. The van der Waals surface area contributed by atoms with Crippen LogP contribution in [0, 0.1) is 0 Å². The third-order valence-electron chi connectivity index (χ3n) is 4.91. The molecule has 2 aromatic rings. The van der Waals surface area contributed by atoms with E-state index >= 15 is 0 Å². The Hall–Kier alpha value is -3.58. The number of phenols is 2. The van der Waals surface area contributed by atoms with E-state index in [4.69, 9.17) is 24.1 Å². The molecule has 6 N–H and O–H groups in total. The summed E-state index contributed by atoms with van der Waals surface area (Å²) in [5.74, 6) is -3.07. The number of ether oxygens (including phenoxy) is 4. The number of carbonyl (C=O) groups is 2. The standard InChI is InChI=1S/C21H22O12/c1-30-14-7-9(19(27)28)3-5-13(14)32-21-18(26)17(25)16(24)15(33-21)8-31-20(29)10-2-4-11(22)12(23)6-10/h2-7,15-18,21-26H,8H2,1H3,(H,27,28)/t15-,16-,17+,18-,21-/m1/s1. The fraction of sp³-hybridized carbons (Fsp3) is 0.333. The van der Waals surface area contributed by atoms with Crippen LogP contribution in [0.15, 0.2) is 36.4 Å². The quantitative estimate of drug-likeness (QED) is 0.234. The van der Waals surface area contributed by atoms with Crippen molar-refractivity contribution >= 4 is 11.9 Å². The second-order valence-electron chi connectivity index (χ2n) is 7.11. The van der Waals surface area contributed by atoms with E-state index in [1.807, 2.05) is 0 Å². The highest BCUT2D eigenvalue weighted by molar-refractivity contribution is 5.90. The lowest BCUT2D eigenvalue weighted by Gasteiger charge is -2.40. The number of aliphatic hydroxyl groups is 3. The summed E-state index contributed by atoms with van der Waals surface area (Å²) >= 11 is 0. The van der Waals surface area contributed by atoms with Crippen molar-refractivity contribution in [3.8, 4) is 23.0 Å². The molecule has 1 aliphatic heterocycles. The van der Waals surface area contributed by atoms with Gasteiger partial charge in [0.15, 0.2) is 23.0 Å². The highest BCUT2D eigenvalue weighted by Crippen LogP contribution is 2.32. The maximum Gasteiger partial charge on any atom is 0.338 e. The van der Waals surface area contributed by atoms with Gasteiger partial charge < -0.3 is 49.6 Å². The fourth-order valence-electron chi connectivity index (χ4n) is 3.07. The van der Waals surface area contributed by atoms with Crippen LogP contribution < -0.4 is 9.47 Å². The van der Waals surface area contributed by atoms with Crippen LogP contribution in [0.1, 0.15) is 20.7 Å². The fourth-order valence-corrected chi connectivity index (χ4v) is 3.07. The Kier molecular flexibility index (Phi) is 7.23. The second-order valence-corrected chi connectivity index (χ2v) is 7.11. The number of benzene rings is 2. The normalized spacial score (nSPS) is 24.7. The number of hydrogen-bond donors (Lipinski definition) is 6. The van der Waals surface area contributed by atoms with Crippen LogP contribution in [0.5, 0.6) is 23.0 Å². The number of aliphatic hydroxyl groups excluding tert-OH is 3. The summed E-state index contributed by atoms with van der Waals surface area (Å²) in [5.41, 5.74) is -0.169. The molecular weight excluding hydrogens is 444 g/mol. The predicted molar refractivity (Wildman–Crippen MR) is 107 cm³/mol. The zero-order valence-corrected chi connectivity index (χ0v) is 17.2. The Morgan fingerprint density at radius 1 is 0.909 bits per heavy atom. The average molecular weight is 466 g/mol.